The maximum atomic E-state index is 12.9. The molecule has 2 aromatic rings. The first kappa shape index (κ1) is 20.1. The molecular formula is C22H20NO6-. The van der Waals surface area contributed by atoms with Gasteiger partial charge in [-0.05, 0) is 60.7 Å². The smallest absolute Gasteiger partial charge is 0.266 e. The minimum atomic E-state index is -0.784. The number of hydrogen-bond acceptors (Lipinski definition) is 6. The molecule has 1 aliphatic carbocycles. The van der Waals surface area contributed by atoms with Gasteiger partial charge in [0, 0.05) is 23.0 Å². The lowest BCUT2D eigenvalue weighted by atomic mass is 9.86. The number of allylic oxidation sites excluding steroid dienone is 2. The Morgan fingerprint density at radius 1 is 1.00 bits per heavy atom. The van der Waals surface area contributed by atoms with Gasteiger partial charge in [-0.25, -0.2) is 0 Å². The van der Waals surface area contributed by atoms with Crippen molar-refractivity contribution in [3.8, 4) is 17.2 Å². The molecule has 0 spiro atoms. The predicted octanol–water partition coefficient (Wildman–Crippen LogP) is 3.91. The zero-order valence-corrected chi connectivity index (χ0v) is 16.1. The van der Waals surface area contributed by atoms with Gasteiger partial charge in [0.2, 0.25) is 0 Å². The number of hydrogen-bond donors (Lipinski definition) is 0. The minimum absolute atomic E-state index is 0.105. The summed E-state index contributed by atoms with van der Waals surface area (Å²) in [6.45, 7) is 0. The van der Waals surface area contributed by atoms with Crippen LogP contribution >= 0.6 is 0 Å². The van der Waals surface area contributed by atoms with Crippen LogP contribution in [0.1, 0.15) is 30.4 Å². The first-order valence-corrected chi connectivity index (χ1v) is 9.06. The highest BCUT2D eigenvalue weighted by atomic mass is 16.6. The van der Waals surface area contributed by atoms with E-state index in [0.717, 1.165) is 12.0 Å². The average molecular weight is 394 g/mol. The standard InChI is InChI=1S/C22H21NO6/c1-28-18-8-3-5-14(11-18)9-16-6-4-7-17(21(16)24)10-15-12-19(23(26)27)22(25)20(13-15)29-2/h3,5,8-13,25H,4,6-7H2,1-2H3/p-1/b16-9+,17-10+. The van der Waals surface area contributed by atoms with Crippen LogP contribution in [0.3, 0.4) is 0 Å². The highest BCUT2D eigenvalue weighted by molar-refractivity contribution is 6.14. The summed E-state index contributed by atoms with van der Waals surface area (Å²) in [5, 5.41) is 23.1. The average Bonchev–Trinajstić information content (AvgIpc) is 2.72. The molecule has 0 N–H and O–H groups in total. The summed E-state index contributed by atoms with van der Waals surface area (Å²) in [5.41, 5.74) is 1.88. The van der Waals surface area contributed by atoms with Gasteiger partial charge in [0.25, 0.3) is 5.69 Å². The fraction of sp³-hybridized carbons (Fsp3) is 0.227. The van der Waals surface area contributed by atoms with Crippen molar-refractivity contribution in [2.45, 2.75) is 19.3 Å². The second-order valence-electron chi connectivity index (χ2n) is 6.63. The van der Waals surface area contributed by atoms with Crippen molar-refractivity contribution >= 4 is 23.6 Å². The molecule has 0 radical (unpaired) electrons. The summed E-state index contributed by atoms with van der Waals surface area (Å²) in [6.07, 6.45) is 5.42. The first-order chi connectivity index (χ1) is 13.9. The molecule has 0 aromatic heterocycles. The van der Waals surface area contributed by atoms with Crippen molar-refractivity contribution in [3.05, 3.63) is 68.8 Å². The van der Waals surface area contributed by atoms with Crippen LogP contribution in [0.15, 0.2) is 47.5 Å². The maximum absolute atomic E-state index is 12.9. The Hall–Kier alpha value is -3.61. The largest absolute Gasteiger partial charge is 0.865 e. The predicted molar refractivity (Wildman–Crippen MR) is 107 cm³/mol. The van der Waals surface area contributed by atoms with E-state index in [9.17, 15) is 20.0 Å². The summed E-state index contributed by atoms with van der Waals surface area (Å²) < 4.78 is 10.2. The number of ether oxygens (including phenoxy) is 2. The van der Waals surface area contributed by atoms with Gasteiger partial charge < -0.3 is 14.6 Å². The van der Waals surface area contributed by atoms with Gasteiger partial charge in [-0.15, -0.1) is 0 Å². The van der Waals surface area contributed by atoms with E-state index in [-0.39, 0.29) is 11.5 Å². The molecule has 3 rings (SSSR count). The van der Waals surface area contributed by atoms with Gasteiger partial charge in [0.1, 0.15) is 11.5 Å². The van der Waals surface area contributed by atoms with Crippen LogP contribution in [0, 0.1) is 10.1 Å². The van der Waals surface area contributed by atoms with Crippen molar-refractivity contribution < 1.29 is 24.3 Å². The van der Waals surface area contributed by atoms with E-state index in [2.05, 4.69) is 0 Å². The lowest BCUT2D eigenvalue weighted by Gasteiger charge is -2.18. The maximum Gasteiger partial charge on any atom is 0.266 e. The summed E-state index contributed by atoms with van der Waals surface area (Å²) in [4.78, 5) is 23.3. The highest BCUT2D eigenvalue weighted by Gasteiger charge is 2.21. The van der Waals surface area contributed by atoms with E-state index in [1.807, 2.05) is 30.3 Å². The van der Waals surface area contributed by atoms with Crippen LogP contribution in [0.25, 0.3) is 12.2 Å². The molecule has 0 unspecified atom stereocenters. The van der Waals surface area contributed by atoms with Gasteiger partial charge in [-0.1, -0.05) is 12.1 Å². The first-order valence-electron chi connectivity index (χ1n) is 9.06. The Morgan fingerprint density at radius 2 is 1.69 bits per heavy atom. The minimum Gasteiger partial charge on any atom is -0.865 e. The number of nitro benzene ring substituents is 1. The van der Waals surface area contributed by atoms with Crippen LogP contribution in [0.2, 0.25) is 0 Å². The molecule has 1 saturated carbocycles. The quantitative estimate of drug-likeness (QED) is 0.433. The molecule has 1 fully saturated rings. The van der Waals surface area contributed by atoms with Crippen molar-refractivity contribution in [2.75, 3.05) is 14.2 Å². The molecule has 1 aliphatic rings. The Bertz CT molecular complexity index is 1020. The number of methoxy groups -OCH3 is 2. The molecular weight excluding hydrogens is 374 g/mol. The van der Waals surface area contributed by atoms with Crippen LogP contribution in [-0.4, -0.2) is 24.9 Å². The van der Waals surface area contributed by atoms with E-state index in [1.54, 1.807) is 13.2 Å². The Balaban J connectivity index is 1.96. The molecule has 0 bridgehead atoms. The van der Waals surface area contributed by atoms with Crippen LogP contribution in [-0.2, 0) is 4.79 Å². The Labute approximate surface area is 168 Å². The van der Waals surface area contributed by atoms with Crippen LogP contribution in [0.4, 0.5) is 5.69 Å². The molecule has 0 amide bonds. The number of rotatable bonds is 5. The molecule has 7 heteroatoms. The molecule has 29 heavy (non-hydrogen) atoms. The Kier molecular flexibility index (Phi) is 5.97. The number of nitro groups is 1. The number of nitrogens with zero attached hydrogens (tertiary/aromatic N) is 1. The van der Waals surface area contributed by atoms with Gasteiger partial charge >= 0.3 is 0 Å². The van der Waals surface area contributed by atoms with Crippen molar-refractivity contribution in [1.29, 1.82) is 0 Å². The number of ketones is 1. The highest BCUT2D eigenvalue weighted by Crippen LogP contribution is 2.36. The number of carbonyl (C=O) groups is 1. The van der Waals surface area contributed by atoms with E-state index in [0.29, 0.717) is 35.3 Å². The van der Waals surface area contributed by atoms with Crippen molar-refractivity contribution in [2.24, 2.45) is 0 Å². The lowest BCUT2D eigenvalue weighted by Crippen LogP contribution is -2.12. The van der Waals surface area contributed by atoms with Gasteiger partial charge in [0.05, 0.1) is 19.1 Å². The van der Waals surface area contributed by atoms with E-state index in [4.69, 9.17) is 9.47 Å². The molecule has 0 aliphatic heterocycles. The molecule has 0 heterocycles. The molecule has 2 aromatic carbocycles. The normalized spacial score (nSPS) is 16.8. The SMILES string of the molecule is COc1cccc(/C=C2\CCC/C(=C\c3cc(OC)c([O-])c([N+](=O)[O-])c3)C2=O)c1. The number of carbonyl (C=O) groups excluding carboxylic acids is 1. The van der Waals surface area contributed by atoms with Crippen molar-refractivity contribution in [1.82, 2.24) is 0 Å². The van der Waals surface area contributed by atoms with Crippen LogP contribution in [0.5, 0.6) is 17.2 Å². The lowest BCUT2D eigenvalue weighted by molar-refractivity contribution is -0.398. The number of benzene rings is 2. The summed E-state index contributed by atoms with van der Waals surface area (Å²) in [5.74, 6) is -0.308. The van der Waals surface area contributed by atoms with E-state index >= 15 is 0 Å². The monoisotopic (exact) mass is 394 g/mol. The third-order valence-electron chi connectivity index (χ3n) is 4.73. The molecule has 0 saturated heterocycles. The van der Waals surface area contributed by atoms with E-state index < -0.39 is 16.4 Å². The topological polar surface area (TPSA) is 102 Å². The third-order valence-corrected chi connectivity index (χ3v) is 4.73. The summed E-state index contributed by atoms with van der Waals surface area (Å²) in [6, 6.07) is 10.0. The van der Waals surface area contributed by atoms with Gasteiger partial charge in [0.15, 0.2) is 5.78 Å². The second kappa shape index (κ2) is 8.60. The van der Waals surface area contributed by atoms with Crippen LogP contribution < -0.4 is 14.6 Å². The second-order valence-corrected chi connectivity index (χ2v) is 6.63. The Morgan fingerprint density at radius 3 is 2.31 bits per heavy atom. The fourth-order valence-corrected chi connectivity index (χ4v) is 3.29. The van der Waals surface area contributed by atoms with Gasteiger partial charge in [-0.2, -0.15) is 0 Å². The zero-order valence-electron chi connectivity index (χ0n) is 16.1. The summed E-state index contributed by atoms with van der Waals surface area (Å²) >= 11 is 0. The molecule has 7 nitrogen and oxygen atoms in total. The van der Waals surface area contributed by atoms with E-state index in [1.165, 1.54) is 19.2 Å². The zero-order chi connectivity index (χ0) is 21.0. The summed E-state index contributed by atoms with van der Waals surface area (Å²) in [7, 11) is 2.86. The third kappa shape index (κ3) is 4.45. The molecule has 150 valence electrons. The van der Waals surface area contributed by atoms with Gasteiger partial charge in [-0.3, -0.25) is 14.9 Å². The number of Topliss-reactive ketones (excluding diaryl/α,β-unsaturated/α-hetero) is 1. The molecule has 0 atom stereocenters. The van der Waals surface area contributed by atoms with Crippen molar-refractivity contribution in [3.63, 3.8) is 0 Å². The fourth-order valence-electron chi connectivity index (χ4n) is 3.29.